The molecule has 1 atom stereocenters. The number of amides is 1. The third kappa shape index (κ3) is 5.41. The van der Waals surface area contributed by atoms with Crippen LogP contribution >= 0.6 is 0 Å². The Morgan fingerprint density at radius 1 is 1.04 bits per heavy atom. The zero-order valence-corrected chi connectivity index (χ0v) is 15.6. The highest BCUT2D eigenvalue weighted by Gasteiger charge is 2.17. The molecule has 2 aromatic carbocycles. The highest BCUT2D eigenvalue weighted by atomic mass is 32.2. The monoisotopic (exact) mass is 360 g/mol. The van der Waals surface area contributed by atoms with E-state index in [1.54, 1.807) is 0 Å². The van der Waals surface area contributed by atoms with Gasteiger partial charge in [-0.1, -0.05) is 36.8 Å². The number of rotatable bonds is 7. The highest BCUT2D eigenvalue weighted by Crippen LogP contribution is 2.12. The number of sulfonamides is 1. The van der Waals surface area contributed by atoms with Crippen molar-refractivity contribution in [2.24, 2.45) is 0 Å². The first kappa shape index (κ1) is 19.1. The first-order valence-corrected chi connectivity index (χ1v) is 9.76. The molecule has 134 valence electrons. The van der Waals surface area contributed by atoms with Crippen molar-refractivity contribution in [1.29, 1.82) is 0 Å². The van der Waals surface area contributed by atoms with Crippen molar-refractivity contribution < 1.29 is 13.2 Å². The van der Waals surface area contributed by atoms with Crippen LogP contribution in [-0.4, -0.2) is 20.4 Å². The number of hydrogen-bond donors (Lipinski definition) is 2. The van der Waals surface area contributed by atoms with Crippen LogP contribution < -0.4 is 10.0 Å². The molecule has 25 heavy (non-hydrogen) atoms. The topological polar surface area (TPSA) is 75.3 Å². The van der Waals surface area contributed by atoms with E-state index in [0.29, 0.717) is 18.5 Å². The Labute approximate surface area is 149 Å². The second-order valence-electron chi connectivity index (χ2n) is 6.12. The number of hydrogen-bond acceptors (Lipinski definition) is 3. The third-order valence-electron chi connectivity index (χ3n) is 3.97. The van der Waals surface area contributed by atoms with E-state index >= 15 is 0 Å². The van der Waals surface area contributed by atoms with E-state index in [9.17, 15) is 13.2 Å². The minimum atomic E-state index is -3.56. The summed E-state index contributed by atoms with van der Waals surface area (Å²) in [5.41, 5.74) is 2.60. The second kappa shape index (κ2) is 8.27. The van der Waals surface area contributed by atoms with Gasteiger partial charge in [-0.15, -0.1) is 0 Å². The van der Waals surface area contributed by atoms with Gasteiger partial charge in [0.1, 0.15) is 0 Å². The van der Waals surface area contributed by atoms with Crippen LogP contribution in [0.15, 0.2) is 53.4 Å². The molecule has 0 aliphatic rings. The standard InChI is InChI=1S/C19H24N2O3S/c1-4-15(3)21-25(23,24)18-11-9-17(10-12-18)19(22)20-13-16-7-5-14(2)6-8-16/h5-12,15,21H,4,13H2,1-3H3,(H,20,22)/t15-/m0/s1. The second-order valence-corrected chi connectivity index (χ2v) is 7.84. The molecule has 0 unspecified atom stereocenters. The molecule has 2 N–H and O–H groups in total. The van der Waals surface area contributed by atoms with Gasteiger partial charge in [-0.3, -0.25) is 4.79 Å². The third-order valence-corrected chi connectivity index (χ3v) is 5.57. The van der Waals surface area contributed by atoms with Crippen LogP contribution in [0.5, 0.6) is 0 Å². The van der Waals surface area contributed by atoms with Crippen LogP contribution in [-0.2, 0) is 16.6 Å². The van der Waals surface area contributed by atoms with Crippen LogP contribution in [0.3, 0.4) is 0 Å². The summed E-state index contributed by atoms with van der Waals surface area (Å²) in [6.45, 7) is 6.15. The van der Waals surface area contributed by atoms with Crippen LogP contribution in [0.4, 0.5) is 0 Å². The summed E-state index contributed by atoms with van der Waals surface area (Å²) >= 11 is 0. The SMILES string of the molecule is CC[C@H](C)NS(=O)(=O)c1ccc(C(=O)NCc2ccc(C)cc2)cc1. The lowest BCUT2D eigenvalue weighted by molar-refractivity contribution is 0.0951. The van der Waals surface area contributed by atoms with Gasteiger partial charge in [-0.2, -0.15) is 0 Å². The fourth-order valence-electron chi connectivity index (χ4n) is 2.19. The van der Waals surface area contributed by atoms with Crippen LogP contribution in [0.2, 0.25) is 0 Å². The zero-order chi connectivity index (χ0) is 18.4. The van der Waals surface area contributed by atoms with Crippen molar-refractivity contribution in [3.8, 4) is 0 Å². The summed E-state index contributed by atoms with van der Waals surface area (Å²) in [5.74, 6) is -0.237. The summed E-state index contributed by atoms with van der Waals surface area (Å²) in [4.78, 5) is 12.3. The number of carbonyl (C=O) groups excluding carboxylic acids is 1. The van der Waals surface area contributed by atoms with Gasteiger partial charge >= 0.3 is 0 Å². The van der Waals surface area contributed by atoms with E-state index in [1.807, 2.05) is 45.0 Å². The molecule has 1 amide bonds. The minimum Gasteiger partial charge on any atom is -0.348 e. The maximum atomic E-state index is 12.2. The Morgan fingerprint density at radius 3 is 2.20 bits per heavy atom. The Hall–Kier alpha value is -2.18. The molecule has 5 nitrogen and oxygen atoms in total. The van der Waals surface area contributed by atoms with Crippen molar-refractivity contribution in [3.05, 3.63) is 65.2 Å². The molecular formula is C19H24N2O3S. The molecule has 0 saturated heterocycles. The summed E-state index contributed by atoms with van der Waals surface area (Å²) in [6.07, 6.45) is 0.707. The molecule has 2 aromatic rings. The highest BCUT2D eigenvalue weighted by molar-refractivity contribution is 7.89. The maximum Gasteiger partial charge on any atom is 0.251 e. The summed E-state index contributed by atoms with van der Waals surface area (Å²) in [7, 11) is -3.56. The predicted molar refractivity (Wildman–Crippen MR) is 98.9 cm³/mol. The van der Waals surface area contributed by atoms with Crippen molar-refractivity contribution in [3.63, 3.8) is 0 Å². The Morgan fingerprint density at radius 2 is 1.64 bits per heavy atom. The molecule has 0 spiro atoms. The van der Waals surface area contributed by atoms with Crippen molar-refractivity contribution >= 4 is 15.9 Å². The van der Waals surface area contributed by atoms with Crippen molar-refractivity contribution in [1.82, 2.24) is 10.0 Å². The van der Waals surface area contributed by atoms with E-state index in [2.05, 4.69) is 10.0 Å². The summed E-state index contributed by atoms with van der Waals surface area (Å²) < 4.78 is 27.0. The molecule has 0 aromatic heterocycles. The molecular weight excluding hydrogens is 336 g/mol. The first-order chi connectivity index (χ1) is 11.8. The van der Waals surface area contributed by atoms with Crippen molar-refractivity contribution in [2.45, 2.75) is 44.7 Å². The largest absolute Gasteiger partial charge is 0.348 e. The molecule has 0 radical (unpaired) electrons. The lowest BCUT2D eigenvalue weighted by atomic mass is 10.1. The van der Waals surface area contributed by atoms with E-state index in [4.69, 9.17) is 0 Å². The van der Waals surface area contributed by atoms with Gasteiger partial charge in [-0.25, -0.2) is 13.1 Å². The van der Waals surface area contributed by atoms with Gasteiger partial charge in [0.2, 0.25) is 10.0 Å². The molecule has 0 heterocycles. The van der Waals surface area contributed by atoms with Gasteiger partial charge < -0.3 is 5.32 Å². The lowest BCUT2D eigenvalue weighted by Gasteiger charge is -2.12. The molecule has 6 heteroatoms. The normalized spacial score (nSPS) is 12.6. The van der Waals surface area contributed by atoms with Crippen LogP contribution in [0, 0.1) is 6.92 Å². The van der Waals surface area contributed by atoms with Gasteiger partial charge in [-0.05, 0) is 50.1 Å². The van der Waals surface area contributed by atoms with Gasteiger partial charge in [0, 0.05) is 18.2 Å². The first-order valence-electron chi connectivity index (χ1n) is 8.28. The minimum absolute atomic E-state index is 0.137. The molecule has 0 aliphatic heterocycles. The van der Waals surface area contributed by atoms with Crippen LogP contribution in [0.1, 0.15) is 41.8 Å². The van der Waals surface area contributed by atoms with E-state index in [-0.39, 0.29) is 16.8 Å². The van der Waals surface area contributed by atoms with E-state index < -0.39 is 10.0 Å². The Bertz CT molecular complexity index is 813. The fourth-order valence-corrected chi connectivity index (χ4v) is 3.52. The van der Waals surface area contributed by atoms with Gasteiger partial charge in [0.15, 0.2) is 0 Å². The molecule has 0 bridgehead atoms. The van der Waals surface area contributed by atoms with E-state index in [1.165, 1.54) is 24.3 Å². The van der Waals surface area contributed by atoms with E-state index in [0.717, 1.165) is 11.1 Å². The molecule has 0 aliphatic carbocycles. The lowest BCUT2D eigenvalue weighted by Crippen LogP contribution is -2.32. The average Bonchev–Trinajstić information content (AvgIpc) is 2.60. The molecule has 0 saturated carbocycles. The Kier molecular flexibility index (Phi) is 6.33. The number of benzene rings is 2. The smallest absolute Gasteiger partial charge is 0.251 e. The summed E-state index contributed by atoms with van der Waals surface area (Å²) in [5, 5.41) is 2.83. The van der Waals surface area contributed by atoms with Gasteiger partial charge in [0.05, 0.1) is 4.90 Å². The number of aryl methyl sites for hydroxylation is 1. The number of carbonyl (C=O) groups is 1. The zero-order valence-electron chi connectivity index (χ0n) is 14.7. The Balaban J connectivity index is 2.01. The molecule has 2 rings (SSSR count). The van der Waals surface area contributed by atoms with Gasteiger partial charge in [0.25, 0.3) is 5.91 Å². The fraction of sp³-hybridized carbons (Fsp3) is 0.316. The summed E-state index contributed by atoms with van der Waals surface area (Å²) in [6, 6.07) is 13.7. The van der Waals surface area contributed by atoms with Crippen molar-refractivity contribution in [2.75, 3.05) is 0 Å². The quantitative estimate of drug-likeness (QED) is 0.797. The average molecular weight is 360 g/mol. The molecule has 0 fully saturated rings. The van der Waals surface area contributed by atoms with Crippen LogP contribution in [0.25, 0.3) is 0 Å². The number of nitrogens with one attached hydrogen (secondary N) is 2. The maximum absolute atomic E-state index is 12.2. The predicted octanol–water partition coefficient (Wildman–Crippen LogP) is 3.00.